The van der Waals surface area contributed by atoms with Crippen LogP contribution in [-0.4, -0.2) is 11.9 Å². The van der Waals surface area contributed by atoms with Crippen molar-refractivity contribution < 1.29 is 18.3 Å². The molecule has 1 atom stereocenters. The van der Waals surface area contributed by atoms with Crippen molar-refractivity contribution in [1.82, 2.24) is 0 Å². The van der Waals surface area contributed by atoms with E-state index in [1.165, 1.54) is 6.07 Å². The zero-order chi connectivity index (χ0) is 14.3. The smallest absolute Gasteiger partial charge is 0.195 e. The summed E-state index contributed by atoms with van der Waals surface area (Å²) < 4.78 is 32.1. The minimum absolute atomic E-state index is 0.0814. The molecule has 2 nitrogen and oxygen atoms in total. The molecular formula is C16H12F2O2. The number of halogens is 2. The summed E-state index contributed by atoms with van der Waals surface area (Å²) >= 11 is 0. The number of fused-ring (bicyclic) bond motifs is 1. The zero-order valence-corrected chi connectivity index (χ0v) is 10.8. The molecule has 102 valence electrons. The molecule has 3 rings (SSSR count). The Balaban J connectivity index is 1.97. The van der Waals surface area contributed by atoms with Crippen molar-refractivity contribution in [1.29, 1.82) is 0 Å². The third kappa shape index (κ3) is 2.18. The lowest BCUT2D eigenvalue weighted by atomic mass is 9.99. The topological polar surface area (TPSA) is 26.3 Å². The SMILES string of the molecule is CC1Cc2cc(C(=O)c3ccc(F)cc3F)ccc2O1. The number of hydrogen-bond acceptors (Lipinski definition) is 2. The van der Waals surface area contributed by atoms with Gasteiger partial charge in [-0.2, -0.15) is 0 Å². The van der Waals surface area contributed by atoms with Crippen LogP contribution in [0.2, 0.25) is 0 Å². The zero-order valence-electron chi connectivity index (χ0n) is 10.8. The first-order chi connectivity index (χ1) is 9.54. The highest BCUT2D eigenvalue weighted by atomic mass is 19.1. The summed E-state index contributed by atoms with van der Waals surface area (Å²) in [5.74, 6) is -1.24. The van der Waals surface area contributed by atoms with Gasteiger partial charge in [0, 0.05) is 18.1 Å². The van der Waals surface area contributed by atoms with Gasteiger partial charge in [0.1, 0.15) is 23.5 Å². The van der Waals surface area contributed by atoms with Crippen molar-refractivity contribution in [2.24, 2.45) is 0 Å². The van der Waals surface area contributed by atoms with Gasteiger partial charge in [-0.1, -0.05) is 0 Å². The van der Waals surface area contributed by atoms with Crippen molar-refractivity contribution in [2.45, 2.75) is 19.4 Å². The number of ether oxygens (including phenoxy) is 1. The van der Waals surface area contributed by atoms with E-state index < -0.39 is 17.4 Å². The van der Waals surface area contributed by atoms with Gasteiger partial charge in [0.15, 0.2) is 5.78 Å². The maximum Gasteiger partial charge on any atom is 0.195 e. The Morgan fingerprint density at radius 2 is 2.00 bits per heavy atom. The van der Waals surface area contributed by atoms with Crippen LogP contribution in [0, 0.1) is 11.6 Å². The summed E-state index contributed by atoms with van der Waals surface area (Å²) in [6.07, 6.45) is 0.806. The molecule has 0 bridgehead atoms. The van der Waals surface area contributed by atoms with Gasteiger partial charge < -0.3 is 4.74 Å². The van der Waals surface area contributed by atoms with Crippen LogP contribution in [0.4, 0.5) is 8.78 Å². The second kappa shape index (κ2) is 4.71. The Hall–Kier alpha value is -2.23. The Labute approximate surface area is 115 Å². The molecule has 0 saturated carbocycles. The molecule has 0 aromatic heterocycles. The maximum atomic E-state index is 13.6. The highest BCUT2D eigenvalue weighted by Crippen LogP contribution is 2.30. The molecule has 2 aromatic carbocycles. The number of hydrogen-bond donors (Lipinski definition) is 0. The number of benzene rings is 2. The second-order valence-electron chi connectivity index (χ2n) is 4.91. The summed E-state index contributed by atoms with van der Waals surface area (Å²) in [6, 6.07) is 7.99. The average molecular weight is 274 g/mol. The van der Waals surface area contributed by atoms with Crippen LogP contribution in [0.1, 0.15) is 28.4 Å². The van der Waals surface area contributed by atoms with Gasteiger partial charge >= 0.3 is 0 Å². The van der Waals surface area contributed by atoms with Crippen LogP contribution in [0.25, 0.3) is 0 Å². The summed E-state index contributed by atoms with van der Waals surface area (Å²) in [6.45, 7) is 1.95. The lowest BCUT2D eigenvalue weighted by molar-refractivity contribution is 0.103. The van der Waals surface area contributed by atoms with Crippen LogP contribution in [0.15, 0.2) is 36.4 Å². The molecule has 20 heavy (non-hydrogen) atoms. The van der Waals surface area contributed by atoms with Gasteiger partial charge in [0.25, 0.3) is 0 Å². The minimum Gasteiger partial charge on any atom is -0.490 e. The molecule has 1 unspecified atom stereocenters. The van der Waals surface area contributed by atoms with Crippen molar-refractivity contribution in [3.63, 3.8) is 0 Å². The number of carbonyl (C=O) groups is 1. The summed E-state index contributed by atoms with van der Waals surface area (Å²) in [5.41, 5.74) is 1.19. The van der Waals surface area contributed by atoms with E-state index in [2.05, 4.69) is 0 Å². The van der Waals surface area contributed by atoms with Crippen LogP contribution >= 0.6 is 0 Å². The average Bonchev–Trinajstić information content (AvgIpc) is 2.77. The molecule has 1 heterocycles. The first kappa shape index (κ1) is 12.8. The van der Waals surface area contributed by atoms with Gasteiger partial charge in [-0.25, -0.2) is 8.78 Å². The molecule has 0 radical (unpaired) electrons. The normalized spacial score (nSPS) is 16.6. The lowest BCUT2D eigenvalue weighted by Gasteiger charge is -2.05. The van der Waals surface area contributed by atoms with Crippen molar-refractivity contribution in [2.75, 3.05) is 0 Å². The predicted molar refractivity (Wildman–Crippen MR) is 70.0 cm³/mol. The fourth-order valence-electron chi connectivity index (χ4n) is 2.39. The van der Waals surface area contributed by atoms with E-state index in [0.717, 1.165) is 23.8 Å². The van der Waals surface area contributed by atoms with Gasteiger partial charge in [-0.05, 0) is 42.8 Å². The molecule has 0 aliphatic carbocycles. The Morgan fingerprint density at radius 3 is 2.75 bits per heavy atom. The van der Waals surface area contributed by atoms with Gasteiger partial charge in [0.05, 0.1) is 5.56 Å². The highest BCUT2D eigenvalue weighted by molar-refractivity contribution is 6.09. The minimum atomic E-state index is -0.847. The molecule has 0 amide bonds. The Kier molecular flexibility index (Phi) is 3.01. The van der Waals surface area contributed by atoms with E-state index in [9.17, 15) is 13.6 Å². The van der Waals surface area contributed by atoms with E-state index >= 15 is 0 Å². The lowest BCUT2D eigenvalue weighted by Crippen LogP contribution is -2.05. The predicted octanol–water partition coefficient (Wildman–Crippen LogP) is 3.52. The molecule has 0 fully saturated rings. The van der Waals surface area contributed by atoms with E-state index in [1.807, 2.05) is 6.92 Å². The molecule has 1 aliphatic heterocycles. The fraction of sp³-hybridized carbons (Fsp3) is 0.188. The van der Waals surface area contributed by atoms with Gasteiger partial charge in [-0.15, -0.1) is 0 Å². The summed E-state index contributed by atoms with van der Waals surface area (Å²) in [5, 5.41) is 0. The van der Waals surface area contributed by atoms with Crippen molar-refractivity contribution in [3.8, 4) is 5.75 Å². The number of ketones is 1. The van der Waals surface area contributed by atoms with Gasteiger partial charge in [0.2, 0.25) is 0 Å². The summed E-state index contributed by atoms with van der Waals surface area (Å²) in [7, 11) is 0. The molecule has 0 spiro atoms. The fourth-order valence-corrected chi connectivity index (χ4v) is 2.39. The summed E-state index contributed by atoms with van der Waals surface area (Å²) in [4.78, 5) is 12.3. The van der Waals surface area contributed by atoms with Crippen LogP contribution < -0.4 is 4.74 Å². The first-order valence-electron chi connectivity index (χ1n) is 6.34. The van der Waals surface area contributed by atoms with Crippen LogP contribution in [0.5, 0.6) is 5.75 Å². The largest absolute Gasteiger partial charge is 0.490 e. The molecule has 0 N–H and O–H groups in total. The first-order valence-corrected chi connectivity index (χ1v) is 6.34. The maximum absolute atomic E-state index is 13.6. The quantitative estimate of drug-likeness (QED) is 0.783. The molecule has 2 aromatic rings. The third-order valence-corrected chi connectivity index (χ3v) is 3.33. The van der Waals surface area contributed by atoms with Crippen molar-refractivity contribution >= 4 is 5.78 Å². The molecular weight excluding hydrogens is 262 g/mol. The monoisotopic (exact) mass is 274 g/mol. The third-order valence-electron chi connectivity index (χ3n) is 3.33. The van der Waals surface area contributed by atoms with Crippen LogP contribution in [-0.2, 0) is 6.42 Å². The van der Waals surface area contributed by atoms with E-state index in [0.29, 0.717) is 11.6 Å². The van der Waals surface area contributed by atoms with Crippen molar-refractivity contribution in [3.05, 3.63) is 64.7 Å². The van der Waals surface area contributed by atoms with Gasteiger partial charge in [-0.3, -0.25) is 4.79 Å². The Morgan fingerprint density at radius 1 is 1.20 bits per heavy atom. The number of carbonyl (C=O) groups excluding carboxylic acids is 1. The Bertz CT molecular complexity index is 695. The molecule has 4 heteroatoms. The second-order valence-corrected chi connectivity index (χ2v) is 4.91. The van der Waals surface area contributed by atoms with E-state index in [1.54, 1.807) is 18.2 Å². The van der Waals surface area contributed by atoms with E-state index in [-0.39, 0.29) is 11.7 Å². The highest BCUT2D eigenvalue weighted by Gasteiger charge is 2.21. The van der Waals surface area contributed by atoms with E-state index in [4.69, 9.17) is 4.74 Å². The molecule has 1 aliphatic rings. The van der Waals surface area contributed by atoms with Crippen LogP contribution in [0.3, 0.4) is 0 Å². The standard InChI is InChI=1S/C16H12F2O2/c1-9-6-11-7-10(2-5-15(11)20-9)16(19)13-4-3-12(17)8-14(13)18/h2-5,7-9H,6H2,1H3. The molecule has 0 saturated heterocycles. The number of rotatable bonds is 2.